The number of likely N-dealkylation sites (N-methyl/N-ethyl adjacent to an activating group) is 1. The number of methoxy groups -OCH3 is 1. The summed E-state index contributed by atoms with van der Waals surface area (Å²) >= 11 is 0. The van der Waals surface area contributed by atoms with Gasteiger partial charge in [-0.25, -0.2) is 0 Å². The fourth-order valence-electron chi connectivity index (χ4n) is 3.83. The van der Waals surface area contributed by atoms with Crippen molar-refractivity contribution >= 4 is 16.8 Å². The van der Waals surface area contributed by atoms with Gasteiger partial charge >= 0.3 is 0 Å². The summed E-state index contributed by atoms with van der Waals surface area (Å²) in [6.45, 7) is 8.29. The normalized spacial score (nSPS) is 11.1. The Bertz CT molecular complexity index is 995. The molecule has 172 valence electrons. The van der Waals surface area contributed by atoms with Gasteiger partial charge in [0.2, 0.25) is 5.91 Å². The van der Waals surface area contributed by atoms with Crippen LogP contribution < -0.4 is 14.8 Å². The lowest BCUT2D eigenvalue weighted by atomic mass is 10.1. The van der Waals surface area contributed by atoms with Gasteiger partial charge < -0.3 is 24.7 Å². The van der Waals surface area contributed by atoms with Crippen molar-refractivity contribution in [2.75, 3.05) is 33.4 Å². The van der Waals surface area contributed by atoms with Crippen molar-refractivity contribution in [3.8, 4) is 11.5 Å². The molecule has 0 unspecified atom stereocenters. The van der Waals surface area contributed by atoms with Gasteiger partial charge in [-0.15, -0.1) is 0 Å². The van der Waals surface area contributed by atoms with Gasteiger partial charge in [0.15, 0.2) is 11.5 Å². The number of ether oxygens (including phenoxy) is 2. The van der Waals surface area contributed by atoms with Crippen LogP contribution in [-0.4, -0.2) is 49.1 Å². The molecular formula is C26H35N3O3. The van der Waals surface area contributed by atoms with E-state index in [1.165, 1.54) is 10.9 Å². The molecule has 0 bridgehead atoms. The van der Waals surface area contributed by atoms with Crippen molar-refractivity contribution in [2.24, 2.45) is 0 Å². The van der Waals surface area contributed by atoms with E-state index in [1.807, 2.05) is 36.5 Å². The molecule has 32 heavy (non-hydrogen) atoms. The van der Waals surface area contributed by atoms with Gasteiger partial charge in [0, 0.05) is 36.6 Å². The van der Waals surface area contributed by atoms with E-state index < -0.39 is 0 Å². The molecule has 3 rings (SSSR count). The molecule has 0 saturated heterocycles. The van der Waals surface area contributed by atoms with Crippen molar-refractivity contribution < 1.29 is 14.3 Å². The zero-order valence-electron chi connectivity index (χ0n) is 19.4. The van der Waals surface area contributed by atoms with E-state index in [2.05, 4.69) is 41.2 Å². The van der Waals surface area contributed by atoms with Crippen LogP contribution in [0.1, 0.15) is 37.8 Å². The molecule has 2 N–H and O–H groups in total. The average Bonchev–Trinajstić information content (AvgIpc) is 3.24. The molecule has 0 saturated carbocycles. The second kappa shape index (κ2) is 12.2. The summed E-state index contributed by atoms with van der Waals surface area (Å²) in [4.78, 5) is 17.9. The molecule has 1 aromatic heterocycles. The van der Waals surface area contributed by atoms with E-state index in [-0.39, 0.29) is 5.91 Å². The third kappa shape index (κ3) is 6.50. The first-order valence-electron chi connectivity index (χ1n) is 11.5. The minimum absolute atomic E-state index is 0.0587. The number of amides is 1. The van der Waals surface area contributed by atoms with Gasteiger partial charge in [-0.1, -0.05) is 38.1 Å². The standard InChI is InChI=1S/C26H35N3O3/c1-4-29(5-2)15-16-32-24-14-13-20(17-25(24)31-3)18-28-26(30)12-8-9-21-19-27-23-11-7-6-10-22(21)23/h6-7,10-11,13-14,17,19,27H,4-5,8-9,12,15-16,18H2,1-3H3,(H,28,30). The highest BCUT2D eigenvalue weighted by molar-refractivity contribution is 5.83. The maximum atomic E-state index is 12.3. The number of rotatable bonds is 13. The summed E-state index contributed by atoms with van der Waals surface area (Å²) in [7, 11) is 1.64. The number of carbonyl (C=O) groups is 1. The minimum Gasteiger partial charge on any atom is -0.493 e. The number of hydrogen-bond donors (Lipinski definition) is 2. The molecule has 0 fully saturated rings. The topological polar surface area (TPSA) is 66.6 Å². The SMILES string of the molecule is CCN(CC)CCOc1ccc(CNC(=O)CCCc2c[nH]c3ccccc23)cc1OC. The number of aryl methyl sites for hydroxylation is 1. The Kier molecular flexibility index (Phi) is 8.99. The van der Waals surface area contributed by atoms with Crippen LogP contribution in [0.3, 0.4) is 0 Å². The van der Waals surface area contributed by atoms with E-state index in [4.69, 9.17) is 9.47 Å². The van der Waals surface area contributed by atoms with Gasteiger partial charge in [0.25, 0.3) is 0 Å². The first-order valence-corrected chi connectivity index (χ1v) is 11.5. The predicted octanol–water partition coefficient (Wildman–Crippen LogP) is 4.54. The van der Waals surface area contributed by atoms with Crippen LogP contribution in [0.2, 0.25) is 0 Å². The summed E-state index contributed by atoms with van der Waals surface area (Å²) in [5.41, 5.74) is 3.39. The van der Waals surface area contributed by atoms with Gasteiger partial charge in [0.05, 0.1) is 7.11 Å². The zero-order valence-corrected chi connectivity index (χ0v) is 19.4. The second-order valence-electron chi connectivity index (χ2n) is 7.85. The molecular weight excluding hydrogens is 402 g/mol. The van der Waals surface area contributed by atoms with Gasteiger partial charge in [0.1, 0.15) is 6.61 Å². The predicted molar refractivity (Wildman–Crippen MR) is 129 cm³/mol. The first-order chi connectivity index (χ1) is 15.6. The Hall–Kier alpha value is -2.99. The van der Waals surface area contributed by atoms with Crippen molar-refractivity contribution in [2.45, 2.75) is 39.7 Å². The van der Waals surface area contributed by atoms with Crippen LogP contribution in [-0.2, 0) is 17.8 Å². The van der Waals surface area contributed by atoms with Crippen LogP contribution in [0.25, 0.3) is 10.9 Å². The highest BCUT2D eigenvalue weighted by atomic mass is 16.5. The number of benzene rings is 2. The summed E-state index contributed by atoms with van der Waals surface area (Å²) < 4.78 is 11.4. The molecule has 0 aliphatic rings. The number of fused-ring (bicyclic) bond motifs is 1. The Balaban J connectivity index is 1.43. The number of nitrogens with one attached hydrogen (secondary N) is 2. The third-order valence-electron chi connectivity index (χ3n) is 5.80. The summed E-state index contributed by atoms with van der Waals surface area (Å²) in [6, 6.07) is 14.1. The molecule has 0 atom stereocenters. The number of carbonyl (C=O) groups excluding carboxylic acids is 1. The Labute approximate surface area is 190 Å². The molecule has 1 amide bonds. The van der Waals surface area contributed by atoms with E-state index in [0.29, 0.717) is 25.3 Å². The van der Waals surface area contributed by atoms with Crippen LogP contribution in [0, 0.1) is 0 Å². The quantitative estimate of drug-likeness (QED) is 0.412. The molecule has 3 aromatic rings. The Morgan fingerprint density at radius 1 is 1.09 bits per heavy atom. The number of H-pyrrole nitrogens is 1. The number of nitrogens with zero attached hydrogens (tertiary/aromatic N) is 1. The molecule has 0 aliphatic heterocycles. The lowest BCUT2D eigenvalue weighted by Crippen LogP contribution is -2.28. The maximum Gasteiger partial charge on any atom is 0.220 e. The molecule has 0 spiro atoms. The van der Waals surface area contributed by atoms with Crippen LogP contribution >= 0.6 is 0 Å². The van der Waals surface area contributed by atoms with Gasteiger partial charge in [-0.05, 0) is 55.3 Å². The minimum atomic E-state index is 0.0587. The largest absolute Gasteiger partial charge is 0.493 e. The molecule has 0 aliphatic carbocycles. The van der Waals surface area contributed by atoms with Gasteiger partial charge in [-0.3, -0.25) is 4.79 Å². The van der Waals surface area contributed by atoms with E-state index >= 15 is 0 Å². The molecule has 2 aromatic carbocycles. The Morgan fingerprint density at radius 3 is 2.69 bits per heavy atom. The number of aromatic nitrogens is 1. The fourth-order valence-corrected chi connectivity index (χ4v) is 3.83. The van der Waals surface area contributed by atoms with Crippen molar-refractivity contribution in [3.63, 3.8) is 0 Å². The number of para-hydroxylation sites is 1. The van der Waals surface area contributed by atoms with Crippen molar-refractivity contribution in [1.82, 2.24) is 15.2 Å². The number of aromatic amines is 1. The highest BCUT2D eigenvalue weighted by Crippen LogP contribution is 2.28. The fraction of sp³-hybridized carbons (Fsp3) is 0.423. The Morgan fingerprint density at radius 2 is 1.91 bits per heavy atom. The summed E-state index contributed by atoms with van der Waals surface area (Å²) in [6.07, 6.45) is 4.24. The van der Waals surface area contributed by atoms with E-state index in [0.717, 1.165) is 49.3 Å². The monoisotopic (exact) mass is 437 g/mol. The smallest absolute Gasteiger partial charge is 0.220 e. The van der Waals surface area contributed by atoms with Crippen molar-refractivity contribution in [1.29, 1.82) is 0 Å². The van der Waals surface area contributed by atoms with Crippen LogP contribution in [0.4, 0.5) is 0 Å². The van der Waals surface area contributed by atoms with Crippen LogP contribution in [0.15, 0.2) is 48.7 Å². The highest BCUT2D eigenvalue weighted by Gasteiger charge is 2.09. The first kappa shape index (κ1) is 23.7. The summed E-state index contributed by atoms with van der Waals surface area (Å²) in [5.74, 6) is 1.48. The van der Waals surface area contributed by atoms with Crippen molar-refractivity contribution in [3.05, 3.63) is 59.8 Å². The van der Waals surface area contributed by atoms with Gasteiger partial charge in [-0.2, -0.15) is 0 Å². The van der Waals surface area contributed by atoms with Crippen LogP contribution in [0.5, 0.6) is 11.5 Å². The lowest BCUT2D eigenvalue weighted by molar-refractivity contribution is -0.121. The van der Waals surface area contributed by atoms with E-state index in [9.17, 15) is 4.79 Å². The lowest BCUT2D eigenvalue weighted by Gasteiger charge is -2.19. The molecule has 6 heteroatoms. The molecule has 6 nitrogen and oxygen atoms in total. The zero-order chi connectivity index (χ0) is 22.8. The van der Waals surface area contributed by atoms with E-state index in [1.54, 1.807) is 7.11 Å². The maximum absolute atomic E-state index is 12.3. The number of hydrogen-bond acceptors (Lipinski definition) is 4. The molecule has 0 radical (unpaired) electrons. The second-order valence-corrected chi connectivity index (χ2v) is 7.85. The summed E-state index contributed by atoms with van der Waals surface area (Å²) in [5, 5.41) is 4.25. The molecule has 1 heterocycles. The average molecular weight is 438 g/mol. The third-order valence-corrected chi connectivity index (χ3v) is 5.80.